The van der Waals surface area contributed by atoms with Gasteiger partial charge in [-0.05, 0) is 18.6 Å². The monoisotopic (exact) mass is 252 g/mol. The van der Waals surface area contributed by atoms with Crippen LogP contribution in [0, 0.1) is 0 Å². The zero-order chi connectivity index (χ0) is 13.2. The molecule has 0 spiro atoms. The third-order valence-electron chi connectivity index (χ3n) is 3.43. The van der Waals surface area contributed by atoms with E-state index >= 15 is 0 Å². The molecule has 2 atom stereocenters. The Morgan fingerprint density at radius 1 is 1.00 bits per heavy atom. The quantitative estimate of drug-likeness (QED) is 0.862. The molecule has 3 nitrogen and oxygen atoms in total. The van der Waals surface area contributed by atoms with Crippen molar-refractivity contribution in [3.8, 4) is 5.75 Å². The second-order valence-corrected chi connectivity index (χ2v) is 4.75. The average molecular weight is 252 g/mol. The topological polar surface area (TPSA) is 44.6 Å². The van der Waals surface area contributed by atoms with Gasteiger partial charge in [0, 0.05) is 5.56 Å². The number of nitrogens with zero attached hydrogens (tertiary/aromatic N) is 1. The number of aliphatic imine (C=N–C) groups is 1. The predicted octanol–water partition coefficient (Wildman–Crippen LogP) is 3.20. The molecule has 0 fully saturated rings. The van der Waals surface area contributed by atoms with Crippen molar-refractivity contribution in [2.24, 2.45) is 4.99 Å². The number of hydrogen-bond acceptors (Lipinski definition) is 3. The number of nitrogens with one attached hydrogen (secondary N) is 1. The molecule has 1 heterocycles. The van der Waals surface area contributed by atoms with E-state index < -0.39 is 0 Å². The first kappa shape index (κ1) is 11.8. The van der Waals surface area contributed by atoms with Gasteiger partial charge in [-0.15, -0.1) is 0 Å². The highest BCUT2D eigenvalue weighted by atomic mass is 16.3. The minimum Gasteiger partial charge on any atom is -0.508 e. The summed E-state index contributed by atoms with van der Waals surface area (Å²) in [6.07, 6.45) is 0. The van der Waals surface area contributed by atoms with Crippen LogP contribution >= 0.6 is 0 Å². The van der Waals surface area contributed by atoms with Gasteiger partial charge in [-0.1, -0.05) is 48.5 Å². The lowest BCUT2D eigenvalue weighted by atomic mass is 9.94. The molecule has 96 valence electrons. The zero-order valence-corrected chi connectivity index (χ0v) is 10.7. The van der Waals surface area contributed by atoms with E-state index in [2.05, 4.69) is 22.4 Å². The van der Waals surface area contributed by atoms with E-state index in [-0.39, 0.29) is 12.1 Å². The Labute approximate surface area is 112 Å². The third-order valence-corrected chi connectivity index (χ3v) is 3.43. The number of aromatic hydroxyl groups is 1. The van der Waals surface area contributed by atoms with Crippen LogP contribution in [0.15, 0.2) is 59.6 Å². The number of phenolic OH excluding ortho intramolecular Hbond substituents is 1. The summed E-state index contributed by atoms with van der Waals surface area (Å²) in [5, 5.41) is 13.4. The van der Waals surface area contributed by atoms with Gasteiger partial charge in [0.2, 0.25) is 0 Å². The Morgan fingerprint density at radius 2 is 1.68 bits per heavy atom. The number of hydrogen-bond donors (Lipinski definition) is 2. The summed E-state index contributed by atoms with van der Waals surface area (Å²) in [6, 6.07) is 17.6. The van der Waals surface area contributed by atoms with Crippen LogP contribution in [0.2, 0.25) is 0 Å². The summed E-state index contributed by atoms with van der Waals surface area (Å²) in [5.41, 5.74) is 2.04. The van der Waals surface area contributed by atoms with Crippen LogP contribution in [0.5, 0.6) is 5.75 Å². The Hall–Kier alpha value is -2.29. The van der Waals surface area contributed by atoms with Crippen LogP contribution in [0.1, 0.15) is 30.1 Å². The lowest BCUT2D eigenvalue weighted by Gasteiger charge is -2.20. The maximum atomic E-state index is 10.0. The van der Waals surface area contributed by atoms with Gasteiger partial charge in [-0.2, -0.15) is 0 Å². The number of phenols is 1. The lowest BCUT2D eigenvalue weighted by Crippen LogP contribution is -2.22. The van der Waals surface area contributed by atoms with Crippen LogP contribution in [-0.2, 0) is 0 Å². The Morgan fingerprint density at radius 3 is 2.42 bits per heavy atom. The van der Waals surface area contributed by atoms with Crippen LogP contribution < -0.4 is 5.32 Å². The summed E-state index contributed by atoms with van der Waals surface area (Å²) in [7, 11) is 0. The van der Waals surface area contributed by atoms with E-state index in [0.29, 0.717) is 5.75 Å². The lowest BCUT2D eigenvalue weighted by molar-refractivity contribution is 0.450. The van der Waals surface area contributed by atoms with Gasteiger partial charge in [0.05, 0.1) is 11.9 Å². The molecule has 1 aliphatic heterocycles. The van der Waals surface area contributed by atoms with Crippen molar-refractivity contribution >= 4 is 5.84 Å². The van der Waals surface area contributed by atoms with E-state index in [1.54, 1.807) is 6.07 Å². The molecule has 19 heavy (non-hydrogen) atoms. The largest absolute Gasteiger partial charge is 0.508 e. The van der Waals surface area contributed by atoms with Crippen molar-refractivity contribution in [3.63, 3.8) is 0 Å². The molecule has 0 saturated heterocycles. The van der Waals surface area contributed by atoms with Crippen molar-refractivity contribution in [2.45, 2.75) is 19.0 Å². The molecular formula is C16H16N2O. The van der Waals surface area contributed by atoms with E-state index in [1.807, 2.05) is 43.3 Å². The van der Waals surface area contributed by atoms with E-state index in [0.717, 1.165) is 17.0 Å². The molecule has 1 aliphatic rings. The van der Waals surface area contributed by atoms with Crippen molar-refractivity contribution < 1.29 is 5.11 Å². The molecule has 0 amide bonds. The predicted molar refractivity (Wildman–Crippen MR) is 76.3 cm³/mol. The minimum atomic E-state index is -0.0106. The highest BCUT2D eigenvalue weighted by Gasteiger charge is 2.31. The number of para-hydroxylation sites is 1. The fourth-order valence-corrected chi connectivity index (χ4v) is 2.54. The second kappa shape index (κ2) is 4.76. The van der Waals surface area contributed by atoms with E-state index in [9.17, 15) is 5.11 Å². The normalized spacial score (nSPS) is 21.8. The van der Waals surface area contributed by atoms with Gasteiger partial charge in [-0.25, -0.2) is 0 Å². The van der Waals surface area contributed by atoms with Crippen molar-refractivity contribution in [2.75, 3.05) is 0 Å². The summed E-state index contributed by atoms with van der Waals surface area (Å²) in [4.78, 5) is 4.65. The zero-order valence-electron chi connectivity index (χ0n) is 10.7. The van der Waals surface area contributed by atoms with Crippen molar-refractivity contribution in [1.82, 2.24) is 5.32 Å². The van der Waals surface area contributed by atoms with Crippen molar-refractivity contribution in [3.05, 3.63) is 65.7 Å². The molecule has 3 rings (SSSR count). The first-order valence-electron chi connectivity index (χ1n) is 6.39. The number of rotatable bonds is 2. The van der Waals surface area contributed by atoms with Gasteiger partial charge in [-0.3, -0.25) is 4.99 Å². The molecule has 0 radical (unpaired) electrons. The van der Waals surface area contributed by atoms with Crippen LogP contribution in [0.4, 0.5) is 0 Å². The summed E-state index contributed by atoms with van der Waals surface area (Å²) < 4.78 is 0. The minimum absolute atomic E-state index is 0.00880. The Kier molecular flexibility index (Phi) is 2.95. The average Bonchev–Trinajstić information content (AvgIpc) is 2.82. The molecule has 0 aromatic heterocycles. The number of benzene rings is 2. The third kappa shape index (κ3) is 2.19. The number of amidine groups is 1. The van der Waals surface area contributed by atoms with Gasteiger partial charge in [0.15, 0.2) is 0 Å². The molecule has 2 aromatic carbocycles. The first-order chi connectivity index (χ1) is 9.25. The van der Waals surface area contributed by atoms with E-state index in [4.69, 9.17) is 0 Å². The summed E-state index contributed by atoms with van der Waals surface area (Å²) in [6.45, 7) is 1.95. The molecule has 2 N–H and O–H groups in total. The smallest absolute Gasteiger partial charge is 0.120 e. The summed E-state index contributed by atoms with van der Waals surface area (Å²) in [5.74, 6) is 1.22. The molecule has 0 aliphatic carbocycles. The van der Waals surface area contributed by atoms with Crippen LogP contribution in [0.25, 0.3) is 0 Å². The molecule has 0 bridgehead atoms. The maximum Gasteiger partial charge on any atom is 0.120 e. The van der Waals surface area contributed by atoms with E-state index in [1.165, 1.54) is 0 Å². The van der Waals surface area contributed by atoms with Crippen molar-refractivity contribution in [1.29, 1.82) is 0 Å². The van der Waals surface area contributed by atoms with Gasteiger partial charge in [0.25, 0.3) is 0 Å². The maximum absolute atomic E-state index is 10.0. The first-order valence-corrected chi connectivity index (χ1v) is 6.39. The van der Waals surface area contributed by atoms with Crippen LogP contribution in [-0.4, -0.2) is 10.9 Å². The highest BCUT2D eigenvalue weighted by Crippen LogP contribution is 2.38. The van der Waals surface area contributed by atoms with Crippen LogP contribution in [0.3, 0.4) is 0 Å². The standard InChI is InChI=1S/C16H16N2O/c1-11-17-15(12-7-3-2-4-8-12)16(18-11)13-9-5-6-10-14(13)19/h2-10,15-16,19H,1H3,(H,17,18). The molecule has 3 heteroatoms. The molecule has 0 saturated carbocycles. The second-order valence-electron chi connectivity index (χ2n) is 4.75. The molecular weight excluding hydrogens is 236 g/mol. The molecule has 2 unspecified atom stereocenters. The molecule has 2 aromatic rings. The fraction of sp³-hybridized carbons (Fsp3) is 0.188. The van der Waals surface area contributed by atoms with Gasteiger partial charge < -0.3 is 10.4 Å². The fourth-order valence-electron chi connectivity index (χ4n) is 2.54. The van der Waals surface area contributed by atoms with Gasteiger partial charge >= 0.3 is 0 Å². The highest BCUT2D eigenvalue weighted by molar-refractivity contribution is 5.82. The Balaban J connectivity index is 2.01. The Bertz CT molecular complexity index is 607. The summed E-state index contributed by atoms with van der Waals surface area (Å²) >= 11 is 0. The van der Waals surface area contributed by atoms with Gasteiger partial charge in [0.1, 0.15) is 11.8 Å². The SMILES string of the molecule is CC1=NC(c2ccccc2)C(c2ccccc2O)N1.